The Balaban J connectivity index is 1.43. The van der Waals surface area contributed by atoms with Gasteiger partial charge < -0.3 is 9.47 Å². The summed E-state index contributed by atoms with van der Waals surface area (Å²) in [6.07, 6.45) is -2.93. The summed E-state index contributed by atoms with van der Waals surface area (Å²) < 4.78 is 47.1. The number of benzene rings is 4. The molecule has 0 unspecified atom stereocenters. The van der Waals surface area contributed by atoms with Crippen molar-refractivity contribution in [2.75, 3.05) is 7.11 Å². The molecule has 0 bridgehead atoms. The molecule has 0 saturated heterocycles. The molecule has 0 atom stereocenters. The largest absolute Gasteiger partial charge is 0.573 e. The predicted molar refractivity (Wildman–Crippen MR) is 162 cm³/mol. The van der Waals surface area contributed by atoms with Gasteiger partial charge in [-0.15, -0.1) is 18.1 Å². The van der Waals surface area contributed by atoms with Crippen LogP contribution in [0.5, 0.6) is 11.5 Å². The van der Waals surface area contributed by atoms with E-state index < -0.39 is 6.36 Å². The minimum atomic E-state index is -4.79. The highest BCUT2D eigenvalue weighted by Gasteiger charge is 2.31. The topological polar surface area (TPSA) is 97.1 Å². The molecule has 0 fully saturated rings. The van der Waals surface area contributed by atoms with Crippen LogP contribution in [0, 0.1) is 18.0 Å². The molecule has 0 aliphatic heterocycles. The average Bonchev–Trinajstić information content (AvgIpc) is 3.51. The second-order valence-corrected chi connectivity index (χ2v) is 10.0. The van der Waals surface area contributed by atoms with E-state index in [4.69, 9.17) is 21.3 Å². The van der Waals surface area contributed by atoms with Crippen molar-refractivity contribution in [1.82, 2.24) is 9.97 Å². The van der Waals surface area contributed by atoms with E-state index in [-0.39, 0.29) is 5.75 Å². The minimum absolute atomic E-state index is 0.323. The lowest BCUT2D eigenvalue weighted by molar-refractivity contribution is -0.274. The number of hydrogen-bond acceptors (Lipinski definition) is 7. The van der Waals surface area contributed by atoms with Crippen molar-refractivity contribution in [3.8, 4) is 39.9 Å². The zero-order valence-electron chi connectivity index (χ0n) is 23.2. The van der Waals surface area contributed by atoms with Crippen LogP contribution in [0.25, 0.3) is 70.8 Å². The third kappa shape index (κ3) is 4.73. The van der Waals surface area contributed by atoms with Gasteiger partial charge in [0, 0.05) is 21.5 Å². The summed E-state index contributed by atoms with van der Waals surface area (Å²) in [4.78, 5) is 17.3. The molecule has 0 radical (unpaired) electrons. The van der Waals surface area contributed by atoms with Gasteiger partial charge in [-0.25, -0.2) is 9.97 Å². The van der Waals surface area contributed by atoms with Crippen LogP contribution < -0.4 is 20.2 Å². The lowest BCUT2D eigenvalue weighted by Gasteiger charge is -2.09. The number of hydrogen-bond donors (Lipinski definition) is 0. The number of ether oxygens (including phenoxy) is 2. The fraction of sp³-hybridized carbons (Fsp3) is 0.0588. The Morgan fingerprint density at radius 3 is 1.67 bits per heavy atom. The van der Waals surface area contributed by atoms with Crippen molar-refractivity contribution < 1.29 is 22.6 Å². The van der Waals surface area contributed by atoms with Gasteiger partial charge in [-0.1, -0.05) is 48.5 Å². The molecule has 1 heterocycles. The lowest BCUT2D eigenvalue weighted by Crippen LogP contribution is -2.16. The average molecular weight is 599 g/mol. The maximum Gasteiger partial charge on any atom is 0.573 e. The highest BCUT2D eigenvalue weighted by atomic mass is 19.4. The smallest absolute Gasteiger partial charge is 0.497 e. The predicted octanol–water partition coefficient (Wildman–Crippen LogP) is 7.32. The van der Waals surface area contributed by atoms with Crippen LogP contribution in [0.1, 0.15) is 0 Å². The number of nitriles is 1. The van der Waals surface area contributed by atoms with E-state index in [1.54, 1.807) is 25.3 Å². The maximum absolute atomic E-state index is 12.6. The van der Waals surface area contributed by atoms with Gasteiger partial charge >= 0.3 is 6.36 Å². The van der Waals surface area contributed by atoms with Crippen molar-refractivity contribution >= 4 is 43.6 Å². The SMILES string of the molecule is [C-]#[N+]/N=c1\c2cc(-c3ccc(OC)cc3)ccc2c2nc3c(=NC#N)c4cc(-c5ccc(OC(F)(F)F)cc5)ccc4c3nc12. The summed E-state index contributed by atoms with van der Waals surface area (Å²) in [5.74, 6) is 0.406. The van der Waals surface area contributed by atoms with E-state index in [0.29, 0.717) is 60.1 Å². The van der Waals surface area contributed by atoms with Crippen molar-refractivity contribution in [3.63, 3.8) is 0 Å². The van der Waals surface area contributed by atoms with Gasteiger partial charge in [0.05, 0.1) is 23.2 Å². The van der Waals surface area contributed by atoms with Crippen LogP contribution in [-0.2, 0) is 0 Å². The first-order chi connectivity index (χ1) is 21.8. The summed E-state index contributed by atoms with van der Waals surface area (Å²) in [6.45, 7) is 7.49. The molecule has 1 aromatic heterocycles. The molecule has 0 aliphatic carbocycles. The Labute approximate surface area is 252 Å². The Morgan fingerprint density at radius 2 is 1.18 bits per heavy atom. The zero-order chi connectivity index (χ0) is 31.3. The van der Waals surface area contributed by atoms with Gasteiger partial charge in [0.15, 0.2) is 5.36 Å². The Morgan fingerprint density at radius 1 is 0.689 bits per heavy atom. The highest BCUT2D eigenvalue weighted by molar-refractivity contribution is 6.15. The molecule has 8 nitrogen and oxygen atoms in total. The second kappa shape index (κ2) is 10.4. The number of rotatable bonds is 4. The third-order valence-electron chi connectivity index (χ3n) is 7.56. The normalized spacial score (nSPS) is 12.7. The van der Waals surface area contributed by atoms with Gasteiger partial charge in [-0.2, -0.15) is 16.8 Å². The number of nitrogens with zero attached hydrogens (tertiary/aromatic N) is 6. The second-order valence-electron chi connectivity index (χ2n) is 10.0. The zero-order valence-corrected chi connectivity index (χ0v) is 23.2. The molecule has 45 heavy (non-hydrogen) atoms. The molecule has 0 saturated carbocycles. The number of methoxy groups -OCH3 is 1. The summed E-state index contributed by atoms with van der Waals surface area (Å²) in [5.41, 5.74) is 5.05. The summed E-state index contributed by atoms with van der Waals surface area (Å²) in [7, 11) is 1.61. The van der Waals surface area contributed by atoms with E-state index >= 15 is 0 Å². The Kier molecular flexibility index (Phi) is 6.38. The molecule has 11 heteroatoms. The van der Waals surface area contributed by atoms with Crippen molar-refractivity contribution in [2.24, 2.45) is 10.1 Å². The van der Waals surface area contributed by atoms with E-state index in [2.05, 4.69) is 19.8 Å². The molecular weight excluding hydrogens is 581 g/mol. The van der Waals surface area contributed by atoms with E-state index in [0.717, 1.165) is 22.3 Å². The van der Waals surface area contributed by atoms with Crippen molar-refractivity contribution in [1.29, 1.82) is 5.26 Å². The first-order valence-corrected chi connectivity index (χ1v) is 13.4. The van der Waals surface area contributed by atoms with Gasteiger partial charge in [0.1, 0.15) is 27.9 Å². The molecule has 0 amide bonds. The number of fused-ring (bicyclic) bond motifs is 6. The number of halogens is 3. The molecule has 216 valence electrons. The van der Waals surface area contributed by atoms with Crippen molar-refractivity contribution in [2.45, 2.75) is 6.36 Å². The summed E-state index contributed by atoms with van der Waals surface area (Å²) in [6, 6.07) is 24.3. The van der Waals surface area contributed by atoms with Crippen LogP contribution in [0.4, 0.5) is 13.2 Å². The quantitative estimate of drug-likeness (QED) is 0.120. The van der Waals surface area contributed by atoms with E-state index in [1.807, 2.05) is 48.7 Å². The van der Waals surface area contributed by atoms with Gasteiger partial charge in [0.25, 0.3) is 0 Å². The first-order valence-electron chi connectivity index (χ1n) is 13.4. The van der Waals surface area contributed by atoms with Crippen LogP contribution in [-0.4, -0.2) is 23.4 Å². The van der Waals surface area contributed by atoms with Gasteiger partial charge in [0.2, 0.25) is 6.19 Å². The minimum Gasteiger partial charge on any atom is -0.497 e. The lowest BCUT2D eigenvalue weighted by atomic mass is 10.0. The molecule has 0 spiro atoms. The molecule has 0 aliphatic rings. The molecule has 0 N–H and O–H groups in total. The van der Waals surface area contributed by atoms with E-state index in [1.165, 1.54) is 24.3 Å². The number of aromatic nitrogens is 2. The molecule has 6 aromatic carbocycles. The molecule has 7 rings (SSSR count). The first kappa shape index (κ1) is 27.5. The molecular formula is C34H17F3N6O2. The monoisotopic (exact) mass is 598 g/mol. The van der Waals surface area contributed by atoms with Gasteiger partial charge in [-0.3, -0.25) is 0 Å². The standard InChI is InChI=1S/C34H17F3N6O2/c1-39-43-31-27-16-21(18-3-9-22(44-2)10-4-18)8-14-25(27)30-33(31)42-29-24-13-7-20(15-26(24)28(40-17-38)32(29)41-30)19-5-11-23(12-6-19)45-34(35,36)37/h3-16H,2H3/b40-28?,43-31+. The summed E-state index contributed by atoms with van der Waals surface area (Å²) >= 11 is 0. The van der Waals surface area contributed by atoms with Crippen LogP contribution >= 0.6 is 0 Å². The Bertz CT molecular complexity index is 2500. The summed E-state index contributed by atoms with van der Waals surface area (Å²) in [5, 5.41) is 17.1. The van der Waals surface area contributed by atoms with Crippen LogP contribution in [0.3, 0.4) is 0 Å². The van der Waals surface area contributed by atoms with Crippen LogP contribution in [0.15, 0.2) is 95.0 Å². The van der Waals surface area contributed by atoms with Crippen molar-refractivity contribution in [3.05, 3.63) is 107 Å². The molecule has 7 aromatic rings. The van der Waals surface area contributed by atoms with E-state index in [9.17, 15) is 18.4 Å². The highest BCUT2D eigenvalue weighted by Crippen LogP contribution is 2.33. The third-order valence-corrected chi connectivity index (χ3v) is 7.56. The van der Waals surface area contributed by atoms with Crippen LogP contribution in [0.2, 0.25) is 0 Å². The Hall–Kier alpha value is -6.33. The fourth-order valence-electron chi connectivity index (χ4n) is 5.60. The fourth-order valence-corrected chi connectivity index (χ4v) is 5.60. The number of alkyl halides is 3. The van der Waals surface area contributed by atoms with Gasteiger partial charge in [-0.05, 0) is 58.7 Å². The maximum atomic E-state index is 12.6.